The van der Waals surface area contributed by atoms with E-state index in [1.54, 1.807) is 12.1 Å². The van der Waals surface area contributed by atoms with Crippen LogP contribution in [0.25, 0.3) is 0 Å². The Morgan fingerprint density at radius 1 is 1.39 bits per heavy atom. The zero-order chi connectivity index (χ0) is 13.1. The van der Waals surface area contributed by atoms with Crippen molar-refractivity contribution >= 4 is 28.1 Å². The van der Waals surface area contributed by atoms with E-state index < -0.39 is 16.6 Å². The highest BCUT2D eigenvalue weighted by atomic mass is 35.5. The number of rotatable bonds is 3. The van der Waals surface area contributed by atoms with Gasteiger partial charge in [0.05, 0.1) is 27.3 Å². The maximum atomic E-state index is 13.0. The van der Waals surface area contributed by atoms with Gasteiger partial charge in [-0.1, -0.05) is 17.7 Å². The molecule has 1 atom stereocenters. The standard InChI is InChI=1S/C12H10ClFN2OS/c13-9-6-8(3-4-10(9)14)7-18(17)12-11(15)2-1-5-16-12/h1-6H,7,15H2. The largest absolute Gasteiger partial charge is 0.396 e. The SMILES string of the molecule is Nc1cccnc1S(=O)Cc1ccc(F)c(Cl)c1. The van der Waals surface area contributed by atoms with Gasteiger partial charge in [-0.25, -0.2) is 9.37 Å². The number of hydrogen-bond donors (Lipinski definition) is 1. The third kappa shape index (κ3) is 2.86. The number of nitrogen functional groups attached to an aromatic ring is 1. The summed E-state index contributed by atoms with van der Waals surface area (Å²) in [6.07, 6.45) is 1.53. The van der Waals surface area contributed by atoms with Gasteiger partial charge in [-0.05, 0) is 29.8 Å². The summed E-state index contributed by atoms with van der Waals surface area (Å²) in [7, 11) is -1.38. The smallest absolute Gasteiger partial charge is 0.150 e. The second-order valence-corrected chi connectivity index (χ2v) is 5.41. The minimum atomic E-state index is -1.38. The van der Waals surface area contributed by atoms with Crippen LogP contribution in [-0.2, 0) is 16.6 Å². The van der Waals surface area contributed by atoms with Crippen LogP contribution in [0.2, 0.25) is 5.02 Å². The maximum absolute atomic E-state index is 13.0. The molecule has 1 heterocycles. The van der Waals surface area contributed by atoms with Crippen LogP contribution in [0.15, 0.2) is 41.6 Å². The Morgan fingerprint density at radius 3 is 2.83 bits per heavy atom. The van der Waals surface area contributed by atoms with E-state index in [0.29, 0.717) is 16.3 Å². The first-order chi connectivity index (χ1) is 8.58. The van der Waals surface area contributed by atoms with Gasteiger partial charge < -0.3 is 5.73 Å². The number of pyridine rings is 1. The van der Waals surface area contributed by atoms with E-state index in [1.807, 2.05) is 0 Å². The molecule has 0 radical (unpaired) electrons. The van der Waals surface area contributed by atoms with Crippen LogP contribution in [0.4, 0.5) is 10.1 Å². The number of benzene rings is 1. The molecule has 3 nitrogen and oxygen atoms in total. The van der Waals surface area contributed by atoms with Gasteiger partial charge in [-0.15, -0.1) is 0 Å². The van der Waals surface area contributed by atoms with Gasteiger partial charge in [-0.3, -0.25) is 4.21 Å². The van der Waals surface area contributed by atoms with Gasteiger partial charge in [0.15, 0.2) is 0 Å². The van der Waals surface area contributed by atoms with Crippen LogP contribution in [0, 0.1) is 5.82 Å². The third-order valence-electron chi connectivity index (χ3n) is 2.30. The second kappa shape index (κ2) is 5.46. The van der Waals surface area contributed by atoms with Crippen molar-refractivity contribution in [1.29, 1.82) is 0 Å². The molecule has 0 bridgehead atoms. The minimum Gasteiger partial charge on any atom is -0.396 e. The molecule has 0 spiro atoms. The molecule has 18 heavy (non-hydrogen) atoms. The Kier molecular flexibility index (Phi) is 3.93. The molecule has 1 aromatic heterocycles. The summed E-state index contributed by atoms with van der Waals surface area (Å²) >= 11 is 5.66. The summed E-state index contributed by atoms with van der Waals surface area (Å²) in [4.78, 5) is 3.98. The zero-order valence-electron chi connectivity index (χ0n) is 9.27. The lowest BCUT2D eigenvalue weighted by molar-refractivity contribution is 0.627. The first kappa shape index (κ1) is 13.0. The monoisotopic (exact) mass is 284 g/mol. The van der Waals surface area contributed by atoms with Gasteiger partial charge in [0.2, 0.25) is 0 Å². The van der Waals surface area contributed by atoms with E-state index >= 15 is 0 Å². The molecular formula is C12H10ClFN2OS. The maximum Gasteiger partial charge on any atom is 0.150 e. The van der Waals surface area contributed by atoms with Crippen molar-refractivity contribution in [3.05, 3.63) is 52.9 Å². The van der Waals surface area contributed by atoms with Crippen molar-refractivity contribution in [2.75, 3.05) is 5.73 Å². The van der Waals surface area contributed by atoms with Crippen molar-refractivity contribution in [3.8, 4) is 0 Å². The van der Waals surface area contributed by atoms with Crippen molar-refractivity contribution in [2.45, 2.75) is 10.8 Å². The average Bonchev–Trinajstić information content (AvgIpc) is 2.34. The number of anilines is 1. The van der Waals surface area contributed by atoms with Crippen LogP contribution in [-0.4, -0.2) is 9.19 Å². The lowest BCUT2D eigenvalue weighted by Gasteiger charge is -2.05. The van der Waals surface area contributed by atoms with E-state index in [4.69, 9.17) is 17.3 Å². The number of halogens is 2. The van der Waals surface area contributed by atoms with E-state index in [1.165, 1.54) is 24.4 Å². The number of nitrogens with zero attached hydrogens (tertiary/aromatic N) is 1. The van der Waals surface area contributed by atoms with Crippen LogP contribution < -0.4 is 5.73 Å². The average molecular weight is 285 g/mol. The van der Waals surface area contributed by atoms with Crippen LogP contribution >= 0.6 is 11.6 Å². The van der Waals surface area contributed by atoms with Crippen LogP contribution in [0.3, 0.4) is 0 Å². The molecule has 0 saturated heterocycles. The Bertz CT molecular complexity index is 606. The topological polar surface area (TPSA) is 56.0 Å². The second-order valence-electron chi connectivity index (χ2n) is 3.64. The van der Waals surface area contributed by atoms with Gasteiger partial charge in [-0.2, -0.15) is 0 Å². The van der Waals surface area contributed by atoms with Crippen molar-refractivity contribution in [2.24, 2.45) is 0 Å². The lowest BCUT2D eigenvalue weighted by Crippen LogP contribution is -2.03. The number of hydrogen-bond acceptors (Lipinski definition) is 3. The fourth-order valence-corrected chi connectivity index (χ4v) is 2.77. The van der Waals surface area contributed by atoms with Gasteiger partial charge in [0.25, 0.3) is 0 Å². The summed E-state index contributed by atoms with van der Waals surface area (Å²) in [5.41, 5.74) is 6.74. The number of nitrogens with two attached hydrogens (primary N) is 1. The number of aromatic nitrogens is 1. The molecule has 0 amide bonds. The summed E-state index contributed by atoms with van der Waals surface area (Å²) in [5.74, 6) is -0.301. The summed E-state index contributed by atoms with van der Waals surface area (Å²) in [6, 6.07) is 7.55. The van der Waals surface area contributed by atoms with Crippen molar-refractivity contribution in [3.63, 3.8) is 0 Å². The Balaban J connectivity index is 2.22. The van der Waals surface area contributed by atoms with E-state index in [-0.39, 0.29) is 10.8 Å². The molecule has 0 fully saturated rings. The minimum absolute atomic E-state index is 0.0125. The fraction of sp³-hybridized carbons (Fsp3) is 0.0833. The van der Waals surface area contributed by atoms with Crippen LogP contribution in [0.5, 0.6) is 0 Å². The Labute approximate surface area is 111 Å². The molecule has 94 valence electrons. The molecule has 2 rings (SSSR count). The highest BCUT2D eigenvalue weighted by Crippen LogP contribution is 2.20. The molecular weight excluding hydrogens is 275 g/mol. The molecule has 0 aliphatic carbocycles. The van der Waals surface area contributed by atoms with Gasteiger partial charge in [0.1, 0.15) is 10.8 Å². The van der Waals surface area contributed by atoms with E-state index in [2.05, 4.69) is 4.98 Å². The molecule has 1 unspecified atom stereocenters. The molecule has 0 aliphatic heterocycles. The van der Waals surface area contributed by atoms with E-state index in [0.717, 1.165) is 0 Å². The predicted molar refractivity (Wildman–Crippen MR) is 70.2 cm³/mol. The predicted octanol–water partition coefficient (Wildman–Crippen LogP) is 2.76. The molecule has 6 heteroatoms. The first-order valence-corrected chi connectivity index (χ1v) is 6.80. The summed E-state index contributed by atoms with van der Waals surface area (Å²) < 4.78 is 25.0. The Morgan fingerprint density at radius 2 is 2.17 bits per heavy atom. The molecule has 0 aliphatic rings. The lowest BCUT2D eigenvalue weighted by atomic mass is 10.2. The van der Waals surface area contributed by atoms with E-state index in [9.17, 15) is 8.60 Å². The summed E-state index contributed by atoms with van der Waals surface area (Å²) in [6.45, 7) is 0. The molecule has 2 aromatic rings. The van der Waals surface area contributed by atoms with Crippen LogP contribution in [0.1, 0.15) is 5.56 Å². The molecule has 1 aromatic carbocycles. The van der Waals surface area contributed by atoms with Gasteiger partial charge >= 0.3 is 0 Å². The van der Waals surface area contributed by atoms with Gasteiger partial charge in [0, 0.05) is 6.20 Å². The van der Waals surface area contributed by atoms with Crippen molar-refractivity contribution < 1.29 is 8.60 Å². The highest BCUT2D eigenvalue weighted by Gasteiger charge is 2.11. The molecule has 0 saturated carbocycles. The highest BCUT2D eigenvalue weighted by molar-refractivity contribution is 7.84. The normalized spacial score (nSPS) is 12.3. The Hall–Kier alpha value is -1.46. The molecule has 2 N–H and O–H groups in total. The zero-order valence-corrected chi connectivity index (χ0v) is 10.8. The van der Waals surface area contributed by atoms with Crippen molar-refractivity contribution in [1.82, 2.24) is 4.98 Å². The quantitative estimate of drug-likeness (QED) is 0.943. The summed E-state index contributed by atoms with van der Waals surface area (Å²) in [5, 5.41) is 0.344. The first-order valence-electron chi connectivity index (χ1n) is 5.10. The fourth-order valence-electron chi connectivity index (χ4n) is 1.44. The third-order valence-corrected chi connectivity index (χ3v) is 3.96.